The second-order valence-electron chi connectivity index (χ2n) is 12.6. The zero-order valence-corrected chi connectivity index (χ0v) is 29.6. The minimum absolute atomic E-state index is 0.0146. The van der Waals surface area contributed by atoms with Gasteiger partial charge in [0.25, 0.3) is 0 Å². The Kier molecular flexibility index (Phi) is 30.8. The van der Waals surface area contributed by atoms with Gasteiger partial charge in [-0.1, -0.05) is 156 Å². The third-order valence-electron chi connectivity index (χ3n) is 8.40. The average molecular weight is 613 g/mol. The molecule has 0 rings (SSSR count). The van der Waals surface area contributed by atoms with E-state index in [0.717, 1.165) is 77.5 Å². The first-order chi connectivity index (χ1) is 20.5. The third-order valence-corrected chi connectivity index (χ3v) is 9.54. The van der Waals surface area contributed by atoms with E-state index in [2.05, 4.69) is 27.7 Å². The highest BCUT2D eigenvalue weighted by atomic mass is 32.2. The van der Waals surface area contributed by atoms with Crippen LogP contribution < -0.4 is 0 Å². The summed E-state index contributed by atoms with van der Waals surface area (Å²) in [6.45, 7) is 12.0. The van der Waals surface area contributed by atoms with Crippen LogP contribution in [0.1, 0.15) is 182 Å². The zero-order valence-electron chi connectivity index (χ0n) is 28.7. The summed E-state index contributed by atoms with van der Waals surface area (Å²) in [6.07, 6.45) is 28.7. The Morgan fingerprint density at radius 3 is 0.833 bits per heavy atom. The van der Waals surface area contributed by atoms with Crippen LogP contribution in [-0.4, -0.2) is 63.5 Å². The third kappa shape index (κ3) is 25.6. The minimum Gasteiger partial charge on any atom is -0.342 e. The molecule has 0 atom stereocenters. The van der Waals surface area contributed by atoms with E-state index >= 15 is 0 Å². The standard InChI is InChI=1S/C36H72N2O3S/c1-5-9-13-17-21-25-29-37(30-26-22-18-14-10-6-2)35(39)33-42(41)34-36(40)38(31-27-23-19-15-11-7-3)32-28-24-20-16-12-8-4/h5-34H2,1-4H3. The van der Waals surface area contributed by atoms with Crippen LogP contribution in [0.4, 0.5) is 0 Å². The molecule has 0 fully saturated rings. The van der Waals surface area contributed by atoms with Gasteiger partial charge in [-0.05, 0) is 25.7 Å². The summed E-state index contributed by atoms with van der Waals surface area (Å²) in [5, 5.41) is 0. The maximum atomic E-state index is 13.2. The summed E-state index contributed by atoms with van der Waals surface area (Å²) >= 11 is 0. The van der Waals surface area contributed by atoms with E-state index in [-0.39, 0.29) is 23.3 Å². The fraction of sp³-hybridized carbons (Fsp3) is 0.944. The van der Waals surface area contributed by atoms with Gasteiger partial charge >= 0.3 is 0 Å². The molecule has 0 aromatic carbocycles. The van der Waals surface area contributed by atoms with Gasteiger partial charge in [0, 0.05) is 37.0 Å². The second kappa shape index (κ2) is 31.5. The molecule has 5 nitrogen and oxygen atoms in total. The molecule has 0 aromatic heterocycles. The fourth-order valence-electron chi connectivity index (χ4n) is 5.56. The second-order valence-corrected chi connectivity index (χ2v) is 14.0. The van der Waals surface area contributed by atoms with E-state index in [1.165, 1.54) is 103 Å². The molecule has 0 saturated heterocycles. The monoisotopic (exact) mass is 613 g/mol. The average Bonchev–Trinajstić information content (AvgIpc) is 2.97. The van der Waals surface area contributed by atoms with Gasteiger partial charge in [0.05, 0.1) is 0 Å². The number of unbranched alkanes of at least 4 members (excludes halogenated alkanes) is 20. The number of carbonyl (C=O) groups is 2. The number of carbonyl (C=O) groups excluding carboxylic acids is 2. The van der Waals surface area contributed by atoms with E-state index in [4.69, 9.17) is 0 Å². The molecule has 0 aromatic rings. The number of rotatable bonds is 32. The summed E-state index contributed by atoms with van der Waals surface area (Å²) in [5.41, 5.74) is 0. The molecule has 250 valence electrons. The Labute approximate surface area is 265 Å². The molecule has 0 unspecified atom stereocenters. The highest BCUT2D eigenvalue weighted by molar-refractivity contribution is 7.86. The molecule has 0 bridgehead atoms. The molecule has 0 aliphatic carbocycles. The van der Waals surface area contributed by atoms with Crippen molar-refractivity contribution < 1.29 is 13.8 Å². The van der Waals surface area contributed by atoms with Gasteiger partial charge in [0.1, 0.15) is 11.5 Å². The molecule has 0 N–H and O–H groups in total. The van der Waals surface area contributed by atoms with Crippen LogP contribution >= 0.6 is 0 Å². The lowest BCUT2D eigenvalue weighted by Gasteiger charge is -2.24. The Morgan fingerprint density at radius 1 is 0.381 bits per heavy atom. The first-order valence-corrected chi connectivity index (χ1v) is 19.9. The van der Waals surface area contributed by atoms with E-state index in [1.807, 2.05) is 9.80 Å². The Hall–Kier alpha value is -0.910. The SMILES string of the molecule is CCCCCCCCN(CCCCCCCC)C(=O)CS(=O)CC(=O)N(CCCCCCCC)CCCCCCCC. The number of amides is 2. The lowest BCUT2D eigenvalue weighted by atomic mass is 10.1. The van der Waals surface area contributed by atoms with Gasteiger partial charge in [0.15, 0.2) is 0 Å². The van der Waals surface area contributed by atoms with Crippen molar-refractivity contribution in [3.63, 3.8) is 0 Å². The van der Waals surface area contributed by atoms with E-state index in [0.29, 0.717) is 0 Å². The van der Waals surface area contributed by atoms with Crippen LogP contribution in [0.5, 0.6) is 0 Å². The molecule has 0 saturated carbocycles. The summed E-state index contributed by atoms with van der Waals surface area (Å²) in [4.78, 5) is 30.4. The number of hydrogen-bond acceptors (Lipinski definition) is 3. The first-order valence-electron chi connectivity index (χ1n) is 18.4. The van der Waals surface area contributed by atoms with Crippen LogP contribution in [0.25, 0.3) is 0 Å². The number of hydrogen-bond donors (Lipinski definition) is 0. The molecule has 6 heteroatoms. The van der Waals surface area contributed by atoms with Crippen LogP contribution in [0.3, 0.4) is 0 Å². The smallest absolute Gasteiger partial charge is 0.235 e. The minimum atomic E-state index is -1.45. The quantitative estimate of drug-likeness (QED) is 0.0711. The summed E-state index contributed by atoms with van der Waals surface area (Å²) < 4.78 is 13.1. The molecular formula is C36H72N2O3S. The molecule has 0 aliphatic rings. The first kappa shape index (κ1) is 41.1. The molecular weight excluding hydrogens is 540 g/mol. The lowest BCUT2D eigenvalue weighted by Crippen LogP contribution is -2.40. The van der Waals surface area contributed by atoms with E-state index < -0.39 is 10.8 Å². The van der Waals surface area contributed by atoms with Crippen molar-refractivity contribution in [1.82, 2.24) is 9.80 Å². The van der Waals surface area contributed by atoms with Crippen LogP contribution in [0.2, 0.25) is 0 Å². The maximum absolute atomic E-state index is 13.2. The lowest BCUT2D eigenvalue weighted by molar-refractivity contribution is -0.128. The Morgan fingerprint density at radius 2 is 0.595 bits per heavy atom. The van der Waals surface area contributed by atoms with Gasteiger partial charge in [-0.3, -0.25) is 13.8 Å². The van der Waals surface area contributed by atoms with Crippen molar-refractivity contribution >= 4 is 22.6 Å². The largest absolute Gasteiger partial charge is 0.342 e. The molecule has 0 spiro atoms. The van der Waals surface area contributed by atoms with Gasteiger partial charge in [0.2, 0.25) is 11.8 Å². The predicted molar refractivity (Wildman–Crippen MR) is 185 cm³/mol. The van der Waals surface area contributed by atoms with Crippen molar-refractivity contribution in [2.45, 2.75) is 182 Å². The Balaban J connectivity index is 4.86. The van der Waals surface area contributed by atoms with Crippen molar-refractivity contribution in [2.75, 3.05) is 37.7 Å². The molecule has 42 heavy (non-hydrogen) atoms. The zero-order chi connectivity index (χ0) is 31.1. The normalized spacial score (nSPS) is 11.4. The van der Waals surface area contributed by atoms with Crippen molar-refractivity contribution in [3.05, 3.63) is 0 Å². The van der Waals surface area contributed by atoms with Gasteiger partial charge < -0.3 is 9.80 Å². The van der Waals surface area contributed by atoms with Gasteiger partial charge in [-0.2, -0.15) is 0 Å². The highest BCUT2D eigenvalue weighted by Crippen LogP contribution is 2.12. The fourth-order valence-corrected chi connectivity index (χ4v) is 6.58. The van der Waals surface area contributed by atoms with Gasteiger partial charge in [-0.25, -0.2) is 0 Å². The summed E-state index contributed by atoms with van der Waals surface area (Å²) in [7, 11) is -1.45. The van der Waals surface area contributed by atoms with Crippen LogP contribution in [-0.2, 0) is 20.4 Å². The van der Waals surface area contributed by atoms with E-state index in [9.17, 15) is 13.8 Å². The topological polar surface area (TPSA) is 57.7 Å². The Bertz CT molecular complexity index is 559. The van der Waals surface area contributed by atoms with Crippen LogP contribution in [0.15, 0.2) is 0 Å². The molecule has 0 aliphatic heterocycles. The van der Waals surface area contributed by atoms with Crippen LogP contribution in [0, 0.1) is 0 Å². The summed E-state index contributed by atoms with van der Waals surface area (Å²) in [5.74, 6) is -0.0817. The predicted octanol–water partition coefficient (Wildman–Crippen LogP) is 9.83. The van der Waals surface area contributed by atoms with Crippen molar-refractivity contribution in [1.29, 1.82) is 0 Å². The maximum Gasteiger partial charge on any atom is 0.235 e. The van der Waals surface area contributed by atoms with E-state index in [1.54, 1.807) is 0 Å². The molecule has 0 radical (unpaired) electrons. The molecule has 0 heterocycles. The summed E-state index contributed by atoms with van der Waals surface area (Å²) in [6, 6.07) is 0. The highest BCUT2D eigenvalue weighted by Gasteiger charge is 2.21. The molecule has 2 amide bonds. The van der Waals surface area contributed by atoms with Crippen molar-refractivity contribution in [2.24, 2.45) is 0 Å². The van der Waals surface area contributed by atoms with Gasteiger partial charge in [-0.15, -0.1) is 0 Å². The van der Waals surface area contributed by atoms with Crippen molar-refractivity contribution in [3.8, 4) is 0 Å². The number of nitrogens with zero attached hydrogens (tertiary/aromatic N) is 2.